The zero-order chi connectivity index (χ0) is 21.4. The molecule has 0 saturated carbocycles. The summed E-state index contributed by atoms with van der Waals surface area (Å²) >= 11 is 0. The molecule has 0 radical (unpaired) electrons. The largest absolute Gasteiger partial charge is 0.463 e. The number of rotatable bonds is 4. The van der Waals surface area contributed by atoms with Gasteiger partial charge in [-0.25, -0.2) is 9.78 Å². The maximum absolute atomic E-state index is 13.0. The molecule has 1 fully saturated rings. The van der Waals surface area contributed by atoms with Crippen LogP contribution in [0.2, 0.25) is 0 Å². The molecule has 1 amide bonds. The van der Waals surface area contributed by atoms with E-state index in [1.807, 2.05) is 13.8 Å². The first-order chi connectivity index (χ1) is 14.3. The van der Waals surface area contributed by atoms with E-state index in [0.717, 1.165) is 0 Å². The first-order valence-electron chi connectivity index (χ1n) is 9.79. The van der Waals surface area contributed by atoms with Crippen LogP contribution in [0.15, 0.2) is 33.4 Å². The Morgan fingerprint density at radius 3 is 2.67 bits per heavy atom. The number of pyridine rings is 1. The minimum Gasteiger partial charge on any atom is -0.463 e. The molecule has 4 heterocycles. The van der Waals surface area contributed by atoms with E-state index in [4.69, 9.17) is 18.4 Å². The molecule has 1 saturated heterocycles. The van der Waals surface area contributed by atoms with Crippen LogP contribution >= 0.6 is 0 Å². The smallest absolute Gasteiger partial charge is 0.339 e. The fraction of sp³-hybridized carbons (Fsp3) is 0.429. The summed E-state index contributed by atoms with van der Waals surface area (Å²) in [5, 5.41) is 4.35. The Balaban J connectivity index is 1.59. The predicted molar refractivity (Wildman–Crippen MR) is 106 cm³/mol. The lowest BCUT2D eigenvalue weighted by Gasteiger charge is -2.36. The van der Waals surface area contributed by atoms with Crippen LogP contribution in [0.5, 0.6) is 0 Å². The number of hydrogen-bond donors (Lipinski definition) is 0. The zero-order valence-electron chi connectivity index (χ0n) is 17.2. The summed E-state index contributed by atoms with van der Waals surface area (Å²) in [4.78, 5) is 31.9. The molecular weight excluding hydrogens is 390 g/mol. The highest BCUT2D eigenvalue weighted by Gasteiger charge is 2.31. The van der Waals surface area contributed by atoms with Crippen molar-refractivity contribution >= 4 is 23.0 Å². The Morgan fingerprint density at radius 2 is 2.00 bits per heavy atom. The highest BCUT2D eigenvalue weighted by atomic mass is 16.5. The Bertz CT molecular complexity index is 1060. The summed E-state index contributed by atoms with van der Waals surface area (Å²) < 4.78 is 21.8. The van der Waals surface area contributed by atoms with Gasteiger partial charge >= 0.3 is 5.97 Å². The zero-order valence-corrected chi connectivity index (χ0v) is 17.2. The van der Waals surface area contributed by atoms with Crippen molar-refractivity contribution in [2.45, 2.75) is 46.0 Å². The second-order valence-corrected chi connectivity index (χ2v) is 7.53. The van der Waals surface area contributed by atoms with Gasteiger partial charge in [-0.05, 0) is 45.9 Å². The average Bonchev–Trinajstić information content (AvgIpc) is 3.36. The molecule has 158 valence electrons. The molecule has 3 aromatic rings. The van der Waals surface area contributed by atoms with Crippen LogP contribution in [0, 0.1) is 6.92 Å². The second-order valence-electron chi connectivity index (χ2n) is 7.53. The first-order valence-corrected chi connectivity index (χ1v) is 9.79. The standard InChI is InChI=1S/C21H23N3O6/c1-11-9-24(10-12(2)28-11)20(25)14(4)29-21(26)15-8-16(17-6-5-7-27-17)22-19-18(15)13(3)23-30-19/h5-8,11-12,14H,9-10H2,1-4H3. The summed E-state index contributed by atoms with van der Waals surface area (Å²) in [7, 11) is 0. The Kier molecular flexibility index (Phi) is 5.29. The van der Waals surface area contributed by atoms with Crippen molar-refractivity contribution in [1.82, 2.24) is 15.0 Å². The summed E-state index contributed by atoms with van der Waals surface area (Å²) in [5.74, 6) is -0.443. The van der Waals surface area contributed by atoms with Crippen molar-refractivity contribution in [2.24, 2.45) is 0 Å². The quantitative estimate of drug-likeness (QED) is 0.601. The summed E-state index contributed by atoms with van der Waals surface area (Å²) in [5.41, 5.74) is 1.33. The lowest BCUT2D eigenvalue weighted by atomic mass is 10.1. The van der Waals surface area contributed by atoms with Crippen LogP contribution in [0.1, 0.15) is 36.8 Å². The molecule has 4 rings (SSSR count). The van der Waals surface area contributed by atoms with Crippen molar-refractivity contribution in [3.8, 4) is 11.5 Å². The number of aromatic nitrogens is 2. The Hall–Kier alpha value is -3.20. The topological polar surface area (TPSA) is 108 Å². The number of carbonyl (C=O) groups is 2. The van der Waals surface area contributed by atoms with Crippen LogP contribution in [-0.4, -0.2) is 58.3 Å². The number of furan rings is 1. The van der Waals surface area contributed by atoms with Gasteiger partial charge in [0.15, 0.2) is 11.9 Å². The van der Waals surface area contributed by atoms with Gasteiger partial charge in [0.2, 0.25) is 0 Å². The first kappa shape index (κ1) is 20.1. The van der Waals surface area contributed by atoms with Crippen molar-refractivity contribution in [2.75, 3.05) is 13.1 Å². The molecule has 1 aliphatic rings. The minimum atomic E-state index is -0.953. The Labute approximate surface area is 172 Å². The van der Waals surface area contributed by atoms with E-state index in [0.29, 0.717) is 35.6 Å². The van der Waals surface area contributed by atoms with Crippen molar-refractivity contribution in [3.05, 3.63) is 35.7 Å². The van der Waals surface area contributed by atoms with E-state index in [9.17, 15) is 9.59 Å². The number of ether oxygens (including phenoxy) is 2. The maximum Gasteiger partial charge on any atom is 0.339 e. The fourth-order valence-electron chi connectivity index (χ4n) is 3.70. The molecule has 9 nitrogen and oxygen atoms in total. The molecule has 0 bridgehead atoms. The van der Waals surface area contributed by atoms with Crippen molar-refractivity contribution in [3.63, 3.8) is 0 Å². The minimum absolute atomic E-state index is 0.0732. The van der Waals surface area contributed by atoms with Crippen LogP contribution in [0.4, 0.5) is 0 Å². The molecular formula is C21H23N3O6. The third-order valence-electron chi connectivity index (χ3n) is 4.97. The van der Waals surface area contributed by atoms with Gasteiger partial charge in [0.05, 0.1) is 35.1 Å². The van der Waals surface area contributed by atoms with E-state index in [-0.39, 0.29) is 29.4 Å². The number of carbonyl (C=O) groups excluding carboxylic acids is 2. The van der Waals surface area contributed by atoms with E-state index in [1.54, 1.807) is 36.9 Å². The highest BCUT2D eigenvalue weighted by Crippen LogP contribution is 2.28. The molecule has 0 spiro atoms. The van der Waals surface area contributed by atoms with Gasteiger partial charge in [0, 0.05) is 13.1 Å². The molecule has 0 aliphatic carbocycles. The van der Waals surface area contributed by atoms with Gasteiger partial charge in [-0.15, -0.1) is 0 Å². The lowest BCUT2D eigenvalue weighted by Crippen LogP contribution is -2.51. The SMILES string of the molecule is Cc1noc2nc(-c3ccco3)cc(C(=O)OC(C)C(=O)N3CC(C)OC(C)C3)c12. The number of amides is 1. The van der Waals surface area contributed by atoms with Crippen molar-refractivity contribution < 1.29 is 28.0 Å². The summed E-state index contributed by atoms with van der Waals surface area (Å²) in [6, 6.07) is 5.00. The highest BCUT2D eigenvalue weighted by molar-refractivity contribution is 6.05. The molecule has 0 aromatic carbocycles. The molecule has 3 unspecified atom stereocenters. The molecule has 9 heteroatoms. The van der Waals surface area contributed by atoms with Gasteiger partial charge in [0.1, 0.15) is 5.69 Å². The average molecular weight is 413 g/mol. The van der Waals surface area contributed by atoms with Gasteiger partial charge in [0.25, 0.3) is 11.6 Å². The molecule has 30 heavy (non-hydrogen) atoms. The number of nitrogens with zero attached hydrogens (tertiary/aromatic N) is 3. The number of hydrogen-bond acceptors (Lipinski definition) is 8. The third kappa shape index (κ3) is 3.80. The van der Waals surface area contributed by atoms with E-state index < -0.39 is 12.1 Å². The van der Waals surface area contributed by atoms with Crippen LogP contribution in [-0.2, 0) is 14.3 Å². The summed E-state index contributed by atoms with van der Waals surface area (Å²) in [6.45, 7) is 8.01. The van der Waals surface area contributed by atoms with Gasteiger partial charge in [-0.1, -0.05) is 5.16 Å². The second kappa shape index (κ2) is 7.91. The molecule has 1 aliphatic heterocycles. The Morgan fingerprint density at radius 1 is 1.27 bits per heavy atom. The van der Waals surface area contributed by atoms with Crippen LogP contribution < -0.4 is 0 Å². The third-order valence-corrected chi connectivity index (χ3v) is 4.97. The number of aryl methyl sites for hydroxylation is 1. The van der Waals surface area contributed by atoms with Gasteiger partial charge in [-0.2, -0.15) is 0 Å². The van der Waals surface area contributed by atoms with Crippen LogP contribution in [0.25, 0.3) is 22.6 Å². The predicted octanol–water partition coefficient (Wildman–Crippen LogP) is 2.97. The fourth-order valence-corrected chi connectivity index (χ4v) is 3.70. The monoisotopic (exact) mass is 413 g/mol. The van der Waals surface area contributed by atoms with Crippen LogP contribution in [0.3, 0.4) is 0 Å². The number of morpholine rings is 1. The number of esters is 1. The van der Waals surface area contributed by atoms with Gasteiger partial charge < -0.3 is 23.3 Å². The normalized spacial score (nSPS) is 20.3. The molecule has 0 N–H and O–H groups in total. The summed E-state index contributed by atoms with van der Waals surface area (Å²) in [6.07, 6.45) is 0.410. The van der Waals surface area contributed by atoms with E-state index in [2.05, 4.69) is 10.1 Å². The van der Waals surface area contributed by atoms with Crippen molar-refractivity contribution in [1.29, 1.82) is 0 Å². The van der Waals surface area contributed by atoms with Gasteiger partial charge in [-0.3, -0.25) is 4.79 Å². The van der Waals surface area contributed by atoms with E-state index >= 15 is 0 Å². The lowest BCUT2D eigenvalue weighted by molar-refractivity contribution is -0.151. The number of fused-ring (bicyclic) bond motifs is 1. The van der Waals surface area contributed by atoms with E-state index in [1.165, 1.54) is 6.26 Å². The molecule has 3 atom stereocenters. The molecule has 3 aromatic heterocycles. The maximum atomic E-state index is 13.0.